The van der Waals surface area contributed by atoms with Crippen molar-refractivity contribution in [2.45, 2.75) is 18.8 Å². The Morgan fingerprint density at radius 1 is 1.16 bits per heavy atom. The number of nitrogens with one attached hydrogen (secondary N) is 1. The summed E-state index contributed by atoms with van der Waals surface area (Å²) >= 11 is 0. The number of methoxy groups -OCH3 is 1. The van der Waals surface area contributed by atoms with E-state index >= 15 is 0 Å². The molecule has 1 aliphatic heterocycles. The molecule has 2 amide bonds. The zero-order valence-electron chi connectivity index (χ0n) is 17.3. The van der Waals surface area contributed by atoms with Crippen LogP contribution in [0.3, 0.4) is 0 Å². The molecular formula is C22H24N6O3. The predicted octanol–water partition coefficient (Wildman–Crippen LogP) is 3.37. The largest absolute Gasteiger partial charge is 0.497 e. The molecule has 0 bridgehead atoms. The van der Waals surface area contributed by atoms with Gasteiger partial charge in [0.25, 0.3) is 0 Å². The van der Waals surface area contributed by atoms with Crippen molar-refractivity contribution in [1.82, 2.24) is 20.0 Å². The minimum Gasteiger partial charge on any atom is -0.497 e. The number of carbonyl (C=O) groups excluding carboxylic acids is 1. The molecule has 1 N–H and O–H groups in total. The molecule has 9 nitrogen and oxygen atoms in total. The van der Waals surface area contributed by atoms with Crippen LogP contribution >= 0.6 is 0 Å². The second-order valence-corrected chi connectivity index (χ2v) is 7.77. The maximum absolute atomic E-state index is 12.6. The van der Waals surface area contributed by atoms with E-state index in [1.165, 1.54) is 0 Å². The number of ether oxygens (including phenoxy) is 1. The quantitative estimate of drug-likeness (QED) is 0.676. The highest BCUT2D eigenvalue weighted by atomic mass is 16.5. The Morgan fingerprint density at radius 2 is 2.00 bits per heavy atom. The van der Waals surface area contributed by atoms with Gasteiger partial charge in [-0.25, -0.2) is 9.78 Å². The molecule has 1 saturated carbocycles. The van der Waals surface area contributed by atoms with Gasteiger partial charge in [-0.05, 0) is 37.1 Å². The van der Waals surface area contributed by atoms with Gasteiger partial charge in [-0.1, -0.05) is 11.2 Å². The highest BCUT2D eigenvalue weighted by Crippen LogP contribution is 2.39. The van der Waals surface area contributed by atoms with Crippen molar-refractivity contribution in [2.75, 3.05) is 43.5 Å². The Bertz CT molecular complexity index is 1060. The maximum Gasteiger partial charge on any atom is 0.321 e. The molecule has 1 aromatic carbocycles. The van der Waals surface area contributed by atoms with E-state index in [0.717, 1.165) is 35.8 Å². The number of piperazine rings is 1. The van der Waals surface area contributed by atoms with Crippen molar-refractivity contribution >= 4 is 17.5 Å². The van der Waals surface area contributed by atoms with Crippen LogP contribution in [0.15, 0.2) is 47.1 Å². The van der Waals surface area contributed by atoms with E-state index in [2.05, 4.69) is 25.3 Å². The number of hydrogen-bond acceptors (Lipinski definition) is 7. The molecule has 2 aromatic heterocycles. The van der Waals surface area contributed by atoms with Crippen molar-refractivity contribution in [3.05, 3.63) is 48.5 Å². The SMILES string of the molecule is COc1cccc(NC(=O)N2CCN(c3ccc(-c4noc(C5CC5)n4)cn3)CC2)c1. The molecule has 1 saturated heterocycles. The molecule has 0 unspecified atom stereocenters. The average molecular weight is 420 g/mol. The Kier molecular flexibility index (Phi) is 5.15. The second-order valence-electron chi connectivity index (χ2n) is 7.77. The van der Waals surface area contributed by atoms with Crippen LogP contribution in [-0.4, -0.2) is 59.3 Å². The number of rotatable bonds is 5. The number of pyridine rings is 1. The van der Waals surface area contributed by atoms with Crippen molar-refractivity contribution in [3.8, 4) is 17.1 Å². The molecule has 0 atom stereocenters. The van der Waals surface area contributed by atoms with E-state index in [1.54, 1.807) is 19.4 Å². The number of aromatic nitrogens is 3. The summed E-state index contributed by atoms with van der Waals surface area (Å²) in [6.45, 7) is 2.67. The first kappa shape index (κ1) is 19.3. The van der Waals surface area contributed by atoms with Gasteiger partial charge < -0.3 is 24.4 Å². The zero-order chi connectivity index (χ0) is 21.2. The van der Waals surface area contributed by atoms with Gasteiger partial charge in [-0.2, -0.15) is 4.98 Å². The van der Waals surface area contributed by atoms with E-state index in [1.807, 2.05) is 35.2 Å². The average Bonchev–Trinajstić information content (AvgIpc) is 3.56. The lowest BCUT2D eigenvalue weighted by molar-refractivity contribution is 0.208. The van der Waals surface area contributed by atoms with Gasteiger partial charge in [0.2, 0.25) is 11.7 Å². The van der Waals surface area contributed by atoms with Crippen LogP contribution in [0, 0.1) is 0 Å². The van der Waals surface area contributed by atoms with Crippen LogP contribution in [0.5, 0.6) is 5.75 Å². The minimum atomic E-state index is -0.111. The fraction of sp³-hybridized carbons (Fsp3) is 0.364. The van der Waals surface area contributed by atoms with Gasteiger partial charge >= 0.3 is 6.03 Å². The summed E-state index contributed by atoms with van der Waals surface area (Å²) in [5, 5.41) is 7.00. The highest BCUT2D eigenvalue weighted by Gasteiger charge is 2.30. The fourth-order valence-electron chi connectivity index (χ4n) is 3.60. The Hall–Kier alpha value is -3.62. The van der Waals surface area contributed by atoms with Gasteiger partial charge in [0.15, 0.2) is 0 Å². The third-order valence-electron chi connectivity index (χ3n) is 5.59. The molecule has 3 heterocycles. The first-order valence-corrected chi connectivity index (χ1v) is 10.4. The summed E-state index contributed by atoms with van der Waals surface area (Å²) in [5.74, 6) is 3.33. The third-order valence-corrected chi connectivity index (χ3v) is 5.59. The fourth-order valence-corrected chi connectivity index (χ4v) is 3.60. The van der Waals surface area contributed by atoms with Crippen LogP contribution in [0.2, 0.25) is 0 Å². The maximum atomic E-state index is 12.6. The van der Waals surface area contributed by atoms with Gasteiger partial charge in [-0.15, -0.1) is 0 Å². The molecular weight excluding hydrogens is 396 g/mol. The van der Waals surface area contributed by atoms with E-state index in [-0.39, 0.29) is 6.03 Å². The predicted molar refractivity (Wildman–Crippen MR) is 115 cm³/mol. The van der Waals surface area contributed by atoms with Crippen molar-refractivity contribution in [1.29, 1.82) is 0 Å². The molecule has 1 aliphatic carbocycles. The summed E-state index contributed by atoms with van der Waals surface area (Å²) in [5.41, 5.74) is 1.56. The molecule has 0 spiro atoms. The number of amides is 2. The Morgan fingerprint density at radius 3 is 2.71 bits per heavy atom. The van der Waals surface area contributed by atoms with Gasteiger partial charge in [0.1, 0.15) is 11.6 Å². The normalized spacial score (nSPS) is 16.3. The molecule has 160 valence electrons. The van der Waals surface area contributed by atoms with Crippen LogP contribution in [0.25, 0.3) is 11.4 Å². The highest BCUT2D eigenvalue weighted by molar-refractivity contribution is 5.89. The van der Waals surface area contributed by atoms with Crippen LogP contribution in [0.4, 0.5) is 16.3 Å². The summed E-state index contributed by atoms with van der Waals surface area (Å²) in [6.07, 6.45) is 4.03. The summed E-state index contributed by atoms with van der Waals surface area (Å²) in [7, 11) is 1.61. The van der Waals surface area contributed by atoms with Gasteiger partial charge in [0, 0.05) is 55.6 Å². The Labute approximate surface area is 180 Å². The molecule has 9 heteroatoms. The monoisotopic (exact) mass is 420 g/mol. The number of benzene rings is 1. The van der Waals surface area contributed by atoms with Crippen molar-refractivity contribution in [3.63, 3.8) is 0 Å². The van der Waals surface area contributed by atoms with Crippen LogP contribution < -0.4 is 15.0 Å². The lowest BCUT2D eigenvalue weighted by atomic mass is 10.2. The Balaban J connectivity index is 1.16. The number of nitrogens with zero attached hydrogens (tertiary/aromatic N) is 5. The second kappa shape index (κ2) is 8.25. The van der Waals surface area contributed by atoms with E-state index < -0.39 is 0 Å². The number of urea groups is 1. The number of carbonyl (C=O) groups is 1. The van der Waals surface area contributed by atoms with E-state index in [9.17, 15) is 4.79 Å². The zero-order valence-corrected chi connectivity index (χ0v) is 17.3. The third kappa shape index (κ3) is 4.30. The van der Waals surface area contributed by atoms with E-state index in [4.69, 9.17) is 9.26 Å². The first-order chi connectivity index (χ1) is 15.2. The van der Waals surface area contributed by atoms with Gasteiger partial charge in [0.05, 0.1) is 7.11 Å². The molecule has 2 aliphatic rings. The molecule has 5 rings (SSSR count). The molecule has 3 aromatic rings. The number of hydrogen-bond donors (Lipinski definition) is 1. The molecule has 2 fully saturated rings. The van der Waals surface area contributed by atoms with E-state index in [0.29, 0.717) is 43.7 Å². The minimum absolute atomic E-state index is 0.111. The number of anilines is 2. The van der Waals surface area contributed by atoms with Crippen LogP contribution in [0.1, 0.15) is 24.7 Å². The summed E-state index contributed by atoms with van der Waals surface area (Å²) < 4.78 is 10.5. The molecule has 0 radical (unpaired) electrons. The lowest BCUT2D eigenvalue weighted by Crippen LogP contribution is -2.50. The smallest absolute Gasteiger partial charge is 0.321 e. The first-order valence-electron chi connectivity index (χ1n) is 10.4. The van der Waals surface area contributed by atoms with Gasteiger partial charge in [-0.3, -0.25) is 0 Å². The summed E-state index contributed by atoms with van der Waals surface area (Å²) in [4.78, 5) is 25.6. The van der Waals surface area contributed by atoms with Crippen molar-refractivity contribution < 1.29 is 14.1 Å². The van der Waals surface area contributed by atoms with Crippen molar-refractivity contribution in [2.24, 2.45) is 0 Å². The standard InChI is InChI=1S/C22H24N6O3/c1-30-18-4-2-3-17(13-18)24-22(29)28-11-9-27(10-12-28)19-8-7-16(14-23-19)20-25-21(31-26-20)15-5-6-15/h2-4,7-8,13-15H,5-6,9-12H2,1H3,(H,24,29). The molecule has 31 heavy (non-hydrogen) atoms. The lowest BCUT2D eigenvalue weighted by Gasteiger charge is -2.35. The summed E-state index contributed by atoms with van der Waals surface area (Å²) in [6, 6.07) is 11.2. The topological polar surface area (TPSA) is 96.6 Å². The van der Waals surface area contributed by atoms with Crippen LogP contribution in [-0.2, 0) is 0 Å².